The Morgan fingerprint density at radius 2 is 1.33 bits per heavy atom. The quantitative estimate of drug-likeness (QED) is 0.120. The molecule has 0 aliphatic rings. The fourth-order valence-electron chi connectivity index (χ4n) is 2.64. The minimum Gasteiger partial charge on any atom is -0.745 e. The number of rotatable bonds is 17. The summed E-state index contributed by atoms with van der Waals surface area (Å²) in [5.41, 5.74) is -1.60. The number of carbonyl (C=O) groups is 1. The molecule has 0 saturated heterocycles. The fraction of sp³-hybridized carbons (Fsp3) is 0.850. The number of hydrogen-bond donors (Lipinski definition) is 0. The number of hydrogen-bond acceptors (Lipinski definition) is 5. The van der Waals surface area contributed by atoms with E-state index in [1.54, 1.807) is 0 Å². The van der Waals surface area contributed by atoms with Crippen LogP contribution in [0.15, 0.2) is 12.2 Å². The molecular weight excluding hydrogens is 375 g/mol. The zero-order chi connectivity index (χ0) is 19.7. The van der Waals surface area contributed by atoms with Gasteiger partial charge in [0.05, 0.1) is 0 Å². The predicted octanol–water partition coefficient (Wildman–Crippen LogP) is 2.46. The maximum absolute atomic E-state index is 11.4. The summed E-state index contributed by atoms with van der Waals surface area (Å²) in [5.74, 6) is -0.616. The zero-order valence-corrected chi connectivity index (χ0v) is 20.4. The molecule has 0 heterocycles. The molecule has 1 atom stereocenters. The van der Waals surface area contributed by atoms with E-state index in [1.807, 2.05) is 0 Å². The minimum atomic E-state index is -4.56. The van der Waals surface area contributed by atoms with E-state index in [0.29, 0.717) is 6.42 Å². The molecule has 0 bridgehead atoms. The van der Waals surface area contributed by atoms with Gasteiger partial charge < -0.3 is 9.29 Å². The number of unbranched alkanes of at least 4 members (excludes halogenated alkanes) is 11. The summed E-state index contributed by atoms with van der Waals surface area (Å²) in [5, 5.41) is 0. The van der Waals surface area contributed by atoms with Crippen LogP contribution in [-0.4, -0.2) is 24.4 Å². The van der Waals surface area contributed by atoms with Gasteiger partial charge in [-0.25, -0.2) is 8.42 Å². The van der Waals surface area contributed by atoms with Crippen molar-refractivity contribution in [1.29, 1.82) is 0 Å². The van der Waals surface area contributed by atoms with Crippen molar-refractivity contribution >= 4 is 16.1 Å². The van der Waals surface area contributed by atoms with Gasteiger partial charge >= 0.3 is 35.5 Å². The molecule has 0 aliphatic heterocycles. The van der Waals surface area contributed by atoms with Crippen LogP contribution in [0.5, 0.6) is 0 Å². The van der Waals surface area contributed by atoms with E-state index in [-0.39, 0.29) is 36.0 Å². The second-order valence-electron chi connectivity index (χ2n) is 6.88. The maximum Gasteiger partial charge on any atom is 1.00 e. The molecule has 7 heteroatoms. The Bertz CT molecular complexity index is 477. The van der Waals surface area contributed by atoms with E-state index >= 15 is 0 Å². The van der Waals surface area contributed by atoms with Gasteiger partial charge in [-0.05, 0) is 39.0 Å². The summed E-state index contributed by atoms with van der Waals surface area (Å²) in [4.78, 5) is 11.4. The van der Waals surface area contributed by atoms with Crippen LogP contribution in [-0.2, 0) is 19.6 Å². The van der Waals surface area contributed by atoms with Gasteiger partial charge in [0.2, 0.25) is 0 Å². The van der Waals surface area contributed by atoms with Gasteiger partial charge in [0.15, 0.2) is 5.44 Å². The maximum atomic E-state index is 11.4. The van der Waals surface area contributed by atoms with Crippen molar-refractivity contribution in [3.05, 3.63) is 12.2 Å². The van der Waals surface area contributed by atoms with Crippen LogP contribution in [0.25, 0.3) is 0 Å². The van der Waals surface area contributed by atoms with Crippen molar-refractivity contribution in [2.24, 2.45) is 0 Å². The van der Waals surface area contributed by atoms with Gasteiger partial charge in [0.1, 0.15) is 10.1 Å². The monoisotopic (exact) mass is 412 g/mol. The first kappa shape index (κ1) is 29.3. The second-order valence-corrected chi connectivity index (χ2v) is 8.53. The molecular formula is C20H37NaO5S. The Morgan fingerprint density at radius 3 is 1.81 bits per heavy atom. The Kier molecular flexibility index (Phi) is 21.1. The molecule has 154 valence electrons. The third kappa shape index (κ3) is 20.7. The van der Waals surface area contributed by atoms with Crippen molar-refractivity contribution in [3.8, 4) is 0 Å². The van der Waals surface area contributed by atoms with E-state index in [9.17, 15) is 17.8 Å². The molecule has 1 unspecified atom stereocenters. The van der Waals surface area contributed by atoms with Gasteiger partial charge in [0, 0.05) is 6.42 Å². The fourth-order valence-corrected chi connectivity index (χ4v) is 2.87. The molecule has 5 nitrogen and oxygen atoms in total. The summed E-state index contributed by atoms with van der Waals surface area (Å²) in [6, 6.07) is 0. The minimum absolute atomic E-state index is 0. The largest absolute Gasteiger partial charge is 1.00 e. The van der Waals surface area contributed by atoms with Crippen molar-refractivity contribution in [3.63, 3.8) is 0 Å². The van der Waals surface area contributed by atoms with E-state index in [1.165, 1.54) is 44.9 Å². The van der Waals surface area contributed by atoms with Gasteiger partial charge in [-0.15, -0.1) is 0 Å². The van der Waals surface area contributed by atoms with E-state index in [0.717, 1.165) is 39.0 Å². The predicted molar refractivity (Wildman–Crippen MR) is 105 cm³/mol. The van der Waals surface area contributed by atoms with Crippen molar-refractivity contribution in [2.75, 3.05) is 0 Å². The number of allylic oxidation sites excluding steroid dienone is 2. The third-order valence-corrected chi connectivity index (χ3v) is 5.26. The second kappa shape index (κ2) is 19.4. The van der Waals surface area contributed by atoms with E-state index in [2.05, 4.69) is 23.8 Å². The topological polar surface area (TPSA) is 83.5 Å². The summed E-state index contributed by atoms with van der Waals surface area (Å²) in [6.07, 6.45) is 20.0. The van der Waals surface area contributed by atoms with Crippen LogP contribution in [0.1, 0.15) is 104 Å². The first-order chi connectivity index (χ1) is 12.4. The molecule has 0 aromatic rings. The molecule has 0 N–H and O–H groups in total. The molecule has 0 aromatic heterocycles. The summed E-state index contributed by atoms with van der Waals surface area (Å²) >= 11 is 0. The van der Waals surface area contributed by atoms with Crippen LogP contribution in [0, 0.1) is 0 Å². The van der Waals surface area contributed by atoms with Gasteiger partial charge in [-0.3, -0.25) is 4.79 Å². The van der Waals surface area contributed by atoms with Crippen molar-refractivity contribution in [2.45, 2.75) is 109 Å². The summed E-state index contributed by atoms with van der Waals surface area (Å²) in [7, 11) is -4.56. The first-order valence-electron chi connectivity index (χ1n) is 10.2. The van der Waals surface area contributed by atoms with Gasteiger partial charge in [-0.2, -0.15) is 0 Å². The molecule has 0 saturated carbocycles. The van der Waals surface area contributed by atoms with Gasteiger partial charge in [0.25, 0.3) is 0 Å². The number of ether oxygens (including phenoxy) is 1. The molecule has 0 aromatic carbocycles. The van der Waals surface area contributed by atoms with Crippen molar-refractivity contribution in [1.82, 2.24) is 0 Å². The van der Waals surface area contributed by atoms with Crippen molar-refractivity contribution < 1.29 is 52.1 Å². The SMILES string of the molecule is CCCCCCCCC=CCCCCCCCC(=O)OC(C)S(=O)(=O)[O-].[Na+]. The number of esters is 1. The molecule has 0 spiro atoms. The van der Waals surface area contributed by atoms with Crippen LogP contribution in [0.2, 0.25) is 0 Å². The Morgan fingerprint density at radius 1 is 0.889 bits per heavy atom. The Hall–Kier alpha value is 0.120. The number of carbonyl (C=O) groups excluding carboxylic acids is 1. The summed E-state index contributed by atoms with van der Waals surface area (Å²) < 4.78 is 36.5. The normalized spacial score (nSPS) is 12.7. The molecule has 0 amide bonds. The smallest absolute Gasteiger partial charge is 0.745 e. The standard InChI is InChI=1S/C20H38O5S.Na/c1-3-4-5-6-7-8-9-10-11-12-13-14-15-16-17-18-20(21)25-19(2)26(22,23)24;/h10-11,19H,3-9,12-18H2,1-2H3,(H,22,23,24);/q;+1/p-1. The molecule has 0 rings (SSSR count). The summed E-state index contributed by atoms with van der Waals surface area (Å²) in [6.45, 7) is 3.32. The zero-order valence-electron chi connectivity index (χ0n) is 17.6. The van der Waals surface area contributed by atoms with Crippen LogP contribution >= 0.6 is 0 Å². The Balaban J connectivity index is 0. The average molecular weight is 413 g/mol. The average Bonchev–Trinajstić information content (AvgIpc) is 2.57. The van der Waals surface area contributed by atoms with Crippen LogP contribution in [0.4, 0.5) is 0 Å². The molecule has 0 radical (unpaired) electrons. The van der Waals surface area contributed by atoms with E-state index in [4.69, 9.17) is 0 Å². The van der Waals surface area contributed by atoms with Gasteiger partial charge in [-0.1, -0.05) is 70.4 Å². The van der Waals surface area contributed by atoms with Crippen LogP contribution in [0.3, 0.4) is 0 Å². The Labute approximate surface area is 188 Å². The first-order valence-corrected chi connectivity index (χ1v) is 11.6. The third-order valence-electron chi connectivity index (χ3n) is 4.35. The molecule has 27 heavy (non-hydrogen) atoms. The van der Waals surface area contributed by atoms with Crippen LogP contribution < -0.4 is 29.6 Å². The molecule has 0 fully saturated rings. The van der Waals surface area contributed by atoms with E-state index < -0.39 is 21.5 Å². The molecule has 0 aliphatic carbocycles.